The Bertz CT molecular complexity index is 1130. The summed E-state index contributed by atoms with van der Waals surface area (Å²) >= 11 is 1.61. The maximum Gasteiger partial charge on any atom is 0.246 e. The van der Waals surface area contributed by atoms with Crippen LogP contribution >= 0.6 is 11.3 Å². The lowest BCUT2D eigenvalue weighted by Crippen LogP contribution is -2.50. The van der Waals surface area contributed by atoms with Crippen molar-refractivity contribution in [2.24, 2.45) is 0 Å². The van der Waals surface area contributed by atoms with Gasteiger partial charge in [-0.3, -0.25) is 9.59 Å². The Morgan fingerprint density at radius 3 is 2.40 bits per heavy atom. The van der Waals surface area contributed by atoms with Gasteiger partial charge in [-0.2, -0.15) is 0 Å². The van der Waals surface area contributed by atoms with Crippen LogP contribution in [0.1, 0.15) is 34.7 Å². The van der Waals surface area contributed by atoms with E-state index < -0.39 is 0 Å². The van der Waals surface area contributed by atoms with E-state index in [-0.39, 0.29) is 11.8 Å². The van der Waals surface area contributed by atoms with Gasteiger partial charge in [0.05, 0.1) is 10.7 Å². The molecule has 182 valence electrons. The Labute approximate surface area is 210 Å². The molecule has 1 aromatic heterocycles. The molecule has 1 fully saturated rings. The highest BCUT2D eigenvalue weighted by Crippen LogP contribution is 2.16. The number of amides is 2. The zero-order chi connectivity index (χ0) is 24.5. The second-order valence-corrected chi connectivity index (χ2v) is 9.66. The molecule has 35 heavy (non-hydrogen) atoms. The lowest BCUT2D eigenvalue weighted by molar-refractivity contribution is -0.137. The predicted molar refractivity (Wildman–Crippen MR) is 139 cm³/mol. The topological polar surface area (TPSA) is 62.7 Å². The van der Waals surface area contributed by atoms with Crippen LogP contribution in [0.25, 0.3) is 6.08 Å². The Kier molecular flexibility index (Phi) is 8.68. The van der Waals surface area contributed by atoms with Crippen molar-refractivity contribution in [3.05, 3.63) is 87.9 Å². The molecule has 2 amide bonds. The first-order valence-corrected chi connectivity index (χ1v) is 12.9. The first-order chi connectivity index (χ1) is 17.1. The SMILES string of the molecule is Cc1nc(COc2ccc(/C=C/C(=O)N3CCN(C(=O)CCCc4ccccc4)CC3)cc2)cs1. The highest BCUT2D eigenvalue weighted by molar-refractivity contribution is 7.09. The van der Waals surface area contributed by atoms with Gasteiger partial charge in [-0.25, -0.2) is 4.98 Å². The van der Waals surface area contributed by atoms with E-state index in [1.165, 1.54) is 5.56 Å². The second-order valence-electron chi connectivity index (χ2n) is 8.59. The first kappa shape index (κ1) is 24.7. The molecule has 0 radical (unpaired) electrons. The molecule has 0 spiro atoms. The van der Waals surface area contributed by atoms with Crippen molar-refractivity contribution in [2.75, 3.05) is 26.2 Å². The number of carbonyl (C=O) groups excluding carboxylic acids is 2. The summed E-state index contributed by atoms with van der Waals surface area (Å²) in [6.45, 7) is 4.74. The van der Waals surface area contributed by atoms with Gasteiger partial charge >= 0.3 is 0 Å². The zero-order valence-corrected chi connectivity index (χ0v) is 20.9. The number of ether oxygens (including phenoxy) is 1. The highest BCUT2D eigenvalue weighted by atomic mass is 32.1. The van der Waals surface area contributed by atoms with Crippen LogP contribution in [-0.2, 0) is 22.6 Å². The van der Waals surface area contributed by atoms with Gasteiger partial charge in [0.1, 0.15) is 12.4 Å². The third-order valence-corrected chi connectivity index (χ3v) is 6.82. The number of piperazine rings is 1. The maximum atomic E-state index is 12.6. The lowest BCUT2D eigenvalue weighted by atomic mass is 10.1. The molecular formula is C28H31N3O3S. The minimum Gasteiger partial charge on any atom is -0.487 e. The molecular weight excluding hydrogens is 458 g/mol. The van der Waals surface area contributed by atoms with Crippen LogP contribution < -0.4 is 4.74 Å². The van der Waals surface area contributed by atoms with Gasteiger partial charge in [-0.15, -0.1) is 11.3 Å². The molecule has 1 aliphatic heterocycles. The number of aryl methyl sites for hydroxylation is 2. The van der Waals surface area contributed by atoms with Gasteiger partial charge in [0.15, 0.2) is 0 Å². The fourth-order valence-electron chi connectivity index (χ4n) is 4.00. The molecule has 0 atom stereocenters. The van der Waals surface area contributed by atoms with Crippen LogP contribution in [0, 0.1) is 6.92 Å². The fraction of sp³-hybridized carbons (Fsp3) is 0.321. The van der Waals surface area contributed by atoms with Crippen molar-refractivity contribution >= 4 is 29.2 Å². The van der Waals surface area contributed by atoms with Crippen LogP contribution in [0.5, 0.6) is 5.75 Å². The van der Waals surface area contributed by atoms with E-state index in [2.05, 4.69) is 17.1 Å². The number of nitrogens with zero attached hydrogens (tertiary/aromatic N) is 3. The van der Waals surface area contributed by atoms with E-state index in [4.69, 9.17) is 4.74 Å². The summed E-state index contributed by atoms with van der Waals surface area (Å²) < 4.78 is 5.77. The zero-order valence-electron chi connectivity index (χ0n) is 20.1. The Hall–Kier alpha value is -3.45. The van der Waals surface area contributed by atoms with Crippen molar-refractivity contribution in [2.45, 2.75) is 32.8 Å². The second kappa shape index (κ2) is 12.3. The molecule has 0 N–H and O–H groups in total. The minimum atomic E-state index is -0.0274. The third kappa shape index (κ3) is 7.52. The molecule has 0 unspecified atom stereocenters. The normalized spacial score (nSPS) is 13.9. The highest BCUT2D eigenvalue weighted by Gasteiger charge is 2.22. The molecule has 0 bridgehead atoms. The van der Waals surface area contributed by atoms with Gasteiger partial charge in [-0.05, 0) is 49.1 Å². The van der Waals surface area contributed by atoms with E-state index >= 15 is 0 Å². The molecule has 0 aliphatic carbocycles. The molecule has 1 saturated heterocycles. The van der Waals surface area contributed by atoms with Crippen LogP contribution in [0.4, 0.5) is 0 Å². The average molecular weight is 490 g/mol. The summed E-state index contributed by atoms with van der Waals surface area (Å²) in [4.78, 5) is 33.2. The van der Waals surface area contributed by atoms with E-state index in [1.54, 1.807) is 22.3 Å². The van der Waals surface area contributed by atoms with Gasteiger partial charge in [0.2, 0.25) is 11.8 Å². The number of benzene rings is 2. The number of aromatic nitrogens is 1. The number of hydrogen-bond donors (Lipinski definition) is 0. The van der Waals surface area contributed by atoms with Gasteiger partial charge in [-0.1, -0.05) is 42.5 Å². The molecule has 6 nitrogen and oxygen atoms in total. The number of carbonyl (C=O) groups is 2. The minimum absolute atomic E-state index is 0.0274. The monoisotopic (exact) mass is 489 g/mol. The molecule has 1 aliphatic rings. The summed E-state index contributed by atoms with van der Waals surface area (Å²) in [5.74, 6) is 0.917. The van der Waals surface area contributed by atoms with Gasteiger partial charge in [0.25, 0.3) is 0 Å². The summed E-state index contributed by atoms with van der Waals surface area (Å²) in [5.41, 5.74) is 3.12. The Balaban J connectivity index is 1.17. The van der Waals surface area contributed by atoms with Crippen LogP contribution in [0.2, 0.25) is 0 Å². The quantitative estimate of drug-likeness (QED) is 0.408. The molecule has 2 aromatic carbocycles. The fourth-order valence-corrected chi connectivity index (χ4v) is 4.60. The first-order valence-electron chi connectivity index (χ1n) is 12.0. The summed E-state index contributed by atoms with van der Waals surface area (Å²) in [6.07, 6.45) is 5.72. The number of hydrogen-bond acceptors (Lipinski definition) is 5. The molecule has 3 aromatic rings. The van der Waals surface area contributed by atoms with Crippen LogP contribution in [0.3, 0.4) is 0 Å². The smallest absolute Gasteiger partial charge is 0.246 e. The van der Waals surface area contributed by atoms with Crippen molar-refractivity contribution < 1.29 is 14.3 Å². The molecule has 0 saturated carbocycles. The summed E-state index contributed by atoms with van der Waals surface area (Å²) in [5, 5.41) is 3.03. The average Bonchev–Trinajstić information content (AvgIpc) is 3.32. The van der Waals surface area contributed by atoms with Crippen molar-refractivity contribution in [3.8, 4) is 5.75 Å². The van der Waals surface area contributed by atoms with E-state index in [1.807, 2.05) is 65.7 Å². The Morgan fingerprint density at radius 2 is 1.71 bits per heavy atom. The van der Waals surface area contributed by atoms with Crippen molar-refractivity contribution in [1.82, 2.24) is 14.8 Å². The van der Waals surface area contributed by atoms with E-state index in [0.29, 0.717) is 39.2 Å². The van der Waals surface area contributed by atoms with Crippen molar-refractivity contribution in [3.63, 3.8) is 0 Å². The summed E-state index contributed by atoms with van der Waals surface area (Å²) in [7, 11) is 0. The predicted octanol–water partition coefficient (Wildman–Crippen LogP) is 4.74. The maximum absolute atomic E-state index is 12.6. The molecule has 2 heterocycles. The van der Waals surface area contributed by atoms with E-state index in [0.717, 1.165) is 34.9 Å². The lowest BCUT2D eigenvalue weighted by Gasteiger charge is -2.34. The van der Waals surface area contributed by atoms with Gasteiger partial charge in [0, 0.05) is 44.1 Å². The van der Waals surface area contributed by atoms with Gasteiger partial charge < -0.3 is 14.5 Å². The summed E-state index contributed by atoms with van der Waals surface area (Å²) in [6, 6.07) is 17.9. The number of thiazole rings is 1. The molecule has 7 heteroatoms. The number of rotatable bonds is 9. The van der Waals surface area contributed by atoms with Crippen LogP contribution in [0.15, 0.2) is 66.1 Å². The third-order valence-electron chi connectivity index (χ3n) is 5.99. The van der Waals surface area contributed by atoms with E-state index in [9.17, 15) is 9.59 Å². The largest absolute Gasteiger partial charge is 0.487 e. The molecule has 4 rings (SSSR count). The standard InChI is InChI=1S/C28H31N3O3S/c1-22-29-25(21-35-22)20-34-26-13-10-24(11-14-26)12-15-28(33)31-18-16-30(17-19-31)27(32)9-5-8-23-6-3-2-4-7-23/h2-4,6-7,10-15,21H,5,8-9,16-20H2,1H3/b15-12+. The van der Waals surface area contributed by atoms with Crippen molar-refractivity contribution in [1.29, 1.82) is 0 Å². The van der Waals surface area contributed by atoms with Crippen LogP contribution in [-0.4, -0.2) is 52.8 Å². The Morgan fingerprint density at radius 1 is 1.00 bits per heavy atom.